The van der Waals surface area contributed by atoms with E-state index in [9.17, 15) is 9.18 Å². The lowest BCUT2D eigenvalue weighted by Gasteiger charge is -2.20. The highest BCUT2D eigenvalue weighted by Gasteiger charge is 2.22. The first-order valence-electron chi connectivity index (χ1n) is 7.25. The van der Waals surface area contributed by atoms with E-state index in [2.05, 4.69) is 20.5 Å². The van der Waals surface area contributed by atoms with Gasteiger partial charge in [-0.2, -0.15) is 4.98 Å². The van der Waals surface area contributed by atoms with E-state index in [-0.39, 0.29) is 23.6 Å². The number of rotatable bonds is 4. The van der Waals surface area contributed by atoms with Crippen molar-refractivity contribution in [2.75, 3.05) is 18.5 Å². The number of H-pyrrole nitrogens is 1. The number of carbonyl (C=O) groups excluding carboxylic acids is 1. The summed E-state index contributed by atoms with van der Waals surface area (Å²) in [5.74, 6) is 0.237. The Morgan fingerprint density at radius 3 is 3.18 bits per heavy atom. The number of halogens is 1. The summed E-state index contributed by atoms with van der Waals surface area (Å²) in [6.45, 7) is 1.15. The molecular weight excluding hydrogens is 287 g/mol. The Hall–Kier alpha value is -2.28. The molecular formula is C15H17FN4O2. The lowest BCUT2D eigenvalue weighted by molar-refractivity contribution is -0.123. The normalized spacial score (nSPS) is 18.1. The zero-order chi connectivity index (χ0) is 15.4. The molecule has 1 aliphatic rings. The molecule has 7 heteroatoms. The van der Waals surface area contributed by atoms with Gasteiger partial charge in [-0.25, -0.2) is 4.39 Å². The van der Waals surface area contributed by atoms with Gasteiger partial charge in [0.2, 0.25) is 11.9 Å². The van der Waals surface area contributed by atoms with Crippen molar-refractivity contribution in [3.8, 4) is 0 Å². The first-order chi connectivity index (χ1) is 10.7. The van der Waals surface area contributed by atoms with Crippen molar-refractivity contribution in [3.05, 3.63) is 41.5 Å². The Bertz CT molecular complexity index is 652. The van der Waals surface area contributed by atoms with Gasteiger partial charge in [-0.1, -0.05) is 12.1 Å². The van der Waals surface area contributed by atoms with Crippen molar-refractivity contribution < 1.29 is 13.9 Å². The highest BCUT2D eigenvalue weighted by molar-refractivity contribution is 5.91. The monoisotopic (exact) mass is 304 g/mol. The minimum absolute atomic E-state index is 0.129. The topological polar surface area (TPSA) is 79.9 Å². The zero-order valence-electron chi connectivity index (χ0n) is 12.0. The molecule has 1 unspecified atom stereocenters. The van der Waals surface area contributed by atoms with E-state index in [1.807, 2.05) is 6.07 Å². The SMILES string of the molecule is O=C(Nc1n[nH]c(Cc2cccc(F)c2)n1)C1CCCOC1. The fourth-order valence-electron chi connectivity index (χ4n) is 2.43. The van der Waals surface area contributed by atoms with Gasteiger partial charge in [-0.3, -0.25) is 15.2 Å². The van der Waals surface area contributed by atoms with Crippen LogP contribution in [0.3, 0.4) is 0 Å². The fourth-order valence-corrected chi connectivity index (χ4v) is 2.43. The summed E-state index contributed by atoms with van der Waals surface area (Å²) in [5.41, 5.74) is 0.787. The number of nitrogens with one attached hydrogen (secondary N) is 2. The van der Waals surface area contributed by atoms with Crippen molar-refractivity contribution in [2.24, 2.45) is 5.92 Å². The zero-order valence-corrected chi connectivity index (χ0v) is 12.0. The Balaban J connectivity index is 1.60. The Labute approximate surface area is 127 Å². The number of benzene rings is 1. The molecule has 1 aliphatic heterocycles. The molecule has 1 aromatic carbocycles. The van der Waals surface area contributed by atoms with E-state index in [4.69, 9.17) is 4.74 Å². The van der Waals surface area contributed by atoms with Crippen molar-refractivity contribution in [1.29, 1.82) is 0 Å². The highest BCUT2D eigenvalue weighted by Crippen LogP contribution is 2.15. The molecule has 2 N–H and O–H groups in total. The number of aromatic nitrogens is 3. The average molecular weight is 304 g/mol. The van der Waals surface area contributed by atoms with Crippen LogP contribution < -0.4 is 5.32 Å². The summed E-state index contributed by atoms with van der Waals surface area (Å²) in [4.78, 5) is 16.3. The molecule has 0 bridgehead atoms. The van der Waals surface area contributed by atoms with E-state index in [1.54, 1.807) is 6.07 Å². The molecule has 1 atom stereocenters. The number of anilines is 1. The summed E-state index contributed by atoms with van der Waals surface area (Å²) in [7, 11) is 0. The van der Waals surface area contributed by atoms with Gasteiger partial charge in [-0.15, -0.1) is 5.10 Å². The van der Waals surface area contributed by atoms with E-state index in [1.165, 1.54) is 12.1 Å². The molecule has 0 spiro atoms. The molecule has 0 saturated carbocycles. The van der Waals surface area contributed by atoms with Gasteiger partial charge in [-0.05, 0) is 30.5 Å². The maximum Gasteiger partial charge on any atom is 0.248 e. The number of hydrogen-bond donors (Lipinski definition) is 2. The minimum Gasteiger partial charge on any atom is -0.381 e. The molecule has 1 amide bonds. The fraction of sp³-hybridized carbons (Fsp3) is 0.400. The van der Waals surface area contributed by atoms with Crippen molar-refractivity contribution in [2.45, 2.75) is 19.3 Å². The van der Waals surface area contributed by atoms with Crippen LogP contribution in [0.25, 0.3) is 0 Å². The standard InChI is InChI=1S/C15H17FN4O2/c16-12-5-1-3-10(7-12)8-13-17-15(20-19-13)18-14(21)11-4-2-6-22-9-11/h1,3,5,7,11H,2,4,6,8-9H2,(H2,17,18,19,20,21). The molecule has 6 nitrogen and oxygen atoms in total. The van der Waals surface area contributed by atoms with Crippen LogP contribution in [0.2, 0.25) is 0 Å². The van der Waals surface area contributed by atoms with Gasteiger partial charge in [0.1, 0.15) is 11.6 Å². The third kappa shape index (κ3) is 3.67. The second kappa shape index (κ2) is 6.65. The molecule has 2 aromatic rings. The second-order valence-electron chi connectivity index (χ2n) is 5.32. The number of carbonyl (C=O) groups is 1. The average Bonchev–Trinajstić information content (AvgIpc) is 2.95. The minimum atomic E-state index is -0.289. The van der Waals surface area contributed by atoms with Gasteiger partial charge in [0, 0.05) is 13.0 Å². The molecule has 0 radical (unpaired) electrons. The van der Waals surface area contributed by atoms with Crippen LogP contribution in [0.5, 0.6) is 0 Å². The lowest BCUT2D eigenvalue weighted by atomic mass is 10.0. The summed E-state index contributed by atoms with van der Waals surface area (Å²) in [5, 5.41) is 9.40. The number of amides is 1. The van der Waals surface area contributed by atoms with E-state index < -0.39 is 0 Å². The number of aromatic amines is 1. The third-order valence-corrected chi connectivity index (χ3v) is 3.56. The smallest absolute Gasteiger partial charge is 0.248 e. The summed E-state index contributed by atoms with van der Waals surface area (Å²) < 4.78 is 18.4. The summed E-state index contributed by atoms with van der Waals surface area (Å²) >= 11 is 0. The Morgan fingerprint density at radius 1 is 1.50 bits per heavy atom. The van der Waals surface area contributed by atoms with E-state index in [0.29, 0.717) is 25.5 Å². The maximum absolute atomic E-state index is 13.1. The molecule has 3 rings (SSSR count). The van der Waals surface area contributed by atoms with Gasteiger partial charge < -0.3 is 4.74 Å². The van der Waals surface area contributed by atoms with Crippen LogP contribution in [0.1, 0.15) is 24.2 Å². The van der Waals surface area contributed by atoms with Gasteiger partial charge in [0.15, 0.2) is 0 Å². The maximum atomic E-state index is 13.1. The first kappa shape index (κ1) is 14.6. The quantitative estimate of drug-likeness (QED) is 0.904. The van der Waals surface area contributed by atoms with Crippen LogP contribution in [-0.2, 0) is 16.0 Å². The number of nitrogens with zero attached hydrogens (tertiary/aromatic N) is 2. The third-order valence-electron chi connectivity index (χ3n) is 3.56. The molecule has 1 fully saturated rings. The van der Waals surface area contributed by atoms with Gasteiger partial charge >= 0.3 is 0 Å². The molecule has 116 valence electrons. The largest absolute Gasteiger partial charge is 0.381 e. The number of ether oxygens (including phenoxy) is 1. The predicted molar refractivity (Wildman–Crippen MR) is 77.8 cm³/mol. The van der Waals surface area contributed by atoms with Crippen LogP contribution in [0, 0.1) is 11.7 Å². The summed E-state index contributed by atoms with van der Waals surface area (Å²) in [6.07, 6.45) is 2.12. The lowest BCUT2D eigenvalue weighted by Crippen LogP contribution is -2.30. The van der Waals surface area contributed by atoms with E-state index in [0.717, 1.165) is 18.4 Å². The molecule has 2 heterocycles. The van der Waals surface area contributed by atoms with Crippen LogP contribution in [-0.4, -0.2) is 34.3 Å². The summed E-state index contributed by atoms with van der Waals surface area (Å²) in [6, 6.07) is 6.29. The molecule has 0 aliphatic carbocycles. The highest BCUT2D eigenvalue weighted by atomic mass is 19.1. The number of hydrogen-bond acceptors (Lipinski definition) is 4. The first-order valence-corrected chi connectivity index (χ1v) is 7.25. The Kier molecular flexibility index (Phi) is 4.43. The van der Waals surface area contributed by atoms with Crippen LogP contribution >= 0.6 is 0 Å². The second-order valence-corrected chi connectivity index (χ2v) is 5.32. The van der Waals surface area contributed by atoms with Crippen LogP contribution in [0.15, 0.2) is 24.3 Å². The van der Waals surface area contributed by atoms with Gasteiger partial charge in [0.05, 0.1) is 12.5 Å². The molecule has 1 aromatic heterocycles. The van der Waals surface area contributed by atoms with Crippen LogP contribution in [0.4, 0.5) is 10.3 Å². The van der Waals surface area contributed by atoms with Crippen molar-refractivity contribution in [1.82, 2.24) is 15.2 Å². The van der Waals surface area contributed by atoms with E-state index >= 15 is 0 Å². The van der Waals surface area contributed by atoms with Gasteiger partial charge in [0.25, 0.3) is 0 Å². The van der Waals surface area contributed by atoms with Crippen molar-refractivity contribution >= 4 is 11.9 Å². The predicted octanol–water partition coefficient (Wildman–Crippen LogP) is 1.90. The molecule has 1 saturated heterocycles. The van der Waals surface area contributed by atoms with Crippen molar-refractivity contribution in [3.63, 3.8) is 0 Å². The Morgan fingerprint density at radius 2 is 2.41 bits per heavy atom. The molecule has 22 heavy (non-hydrogen) atoms.